The van der Waals surface area contributed by atoms with Gasteiger partial charge in [-0.15, -0.1) is 0 Å². The molecule has 1 heterocycles. The average Bonchev–Trinajstić information content (AvgIpc) is 2.85. The largest absolute Gasteiger partial charge is 0.496 e. The Hall–Kier alpha value is -3.86. The number of anilines is 1. The van der Waals surface area contributed by atoms with Crippen LogP contribution in [0.15, 0.2) is 41.5 Å². The van der Waals surface area contributed by atoms with Crippen LogP contribution in [0.5, 0.6) is 5.75 Å². The molecule has 0 saturated heterocycles. The standard InChI is InChI=1S/C24H35N7O4/c1-6-30(24(33)35-7-2)14-13-17-11-12-18(20(15-17)34-5)23(32)28-21-10-8-9-19(27-21)22(29-25)31(26)16(3)4/h8-12,15-16H,6-7,13-14,25-26H2,1-5H3,(H,27,28,32)/b29-22-. The zero-order valence-corrected chi connectivity index (χ0v) is 20.9. The first-order valence-corrected chi connectivity index (χ1v) is 11.4. The fourth-order valence-electron chi connectivity index (χ4n) is 3.26. The molecule has 0 unspecified atom stereocenters. The number of likely N-dealkylation sites (N-methyl/N-ethyl adjacent to an activating group) is 1. The number of hydrogen-bond donors (Lipinski definition) is 3. The maximum absolute atomic E-state index is 13.0. The van der Waals surface area contributed by atoms with Crippen LogP contribution in [0.25, 0.3) is 0 Å². The Morgan fingerprint density at radius 1 is 1.20 bits per heavy atom. The molecule has 0 aliphatic carbocycles. The quantitative estimate of drug-likeness (QED) is 0.201. The van der Waals surface area contributed by atoms with E-state index in [1.807, 2.05) is 26.8 Å². The van der Waals surface area contributed by atoms with Gasteiger partial charge < -0.3 is 25.5 Å². The number of amides is 2. The Morgan fingerprint density at radius 2 is 1.94 bits per heavy atom. The van der Waals surface area contributed by atoms with Crippen molar-refractivity contribution in [3.63, 3.8) is 0 Å². The summed E-state index contributed by atoms with van der Waals surface area (Å²) in [6, 6.07) is 10.3. The molecule has 0 spiro atoms. The van der Waals surface area contributed by atoms with Crippen LogP contribution in [0, 0.1) is 0 Å². The summed E-state index contributed by atoms with van der Waals surface area (Å²) in [5.41, 5.74) is 1.68. The molecule has 2 amide bonds. The second kappa shape index (κ2) is 13.1. The van der Waals surface area contributed by atoms with Crippen LogP contribution in [0.3, 0.4) is 0 Å². The number of aromatic nitrogens is 1. The minimum atomic E-state index is -0.389. The lowest BCUT2D eigenvalue weighted by molar-refractivity contribution is 0.102. The number of benzene rings is 1. The Morgan fingerprint density at radius 3 is 2.54 bits per heavy atom. The van der Waals surface area contributed by atoms with Gasteiger partial charge in [0.25, 0.3) is 5.91 Å². The molecule has 11 heteroatoms. The van der Waals surface area contributed by atoms with Crippen molar-refractivity contribution in [3.05, 3.63) is 53.2 Å². The molecule has 2 rings (SSSR count). The lowest BCUT2D eigenvalue weighted by Gasteiger charge is -2.23. The minimum absolute atomic E-state index is 0.0539. The van der Waals surface area contributed by atoms with Gasteiger partial charge in [-0.05, 0) is 63.9 Å². The highest BCUT2D eigenvalue weighted by Gasteiger charge is 2.18. The maximum Gasteiger partial charge on any atom is 0.409 e. The Balaban J connectivity index is 2.16. The second-order valence-electron chi connectivity index (χ2n) is 7.88. The number of pyridine rings is 1. The number of rotatable bonds is 10. The van der Waals surface area contributed by atoms with Gasteiger partial charge >= 0.3 is 6.09 Å². The Kier molecular flexibility index (Phi) is 10.3. The molecule has 0 atom stereocenters. The molecule has 1 aromatic heterocycles. The summed E-state index contributed by atoms with van der Waals surface area (Å²) in [7, 11) is 1.50. The molecule has 0 bridgehead atoms. The van der Waals surface area contributed by atoms with E-state index >= 15 is 0 Å². The average molecular weight is 486 g/mol. The molecule has 35 heavy (non-hydrogen) atoms. The van der Waals surface area contributed by atoms with E-state index in [-0.39, 0.29) is 18.0 Å². The normalized spacial score (nSPS) is 11.2. The maximum atomic E-state index is 13.0. The van der Waals surface area contributed by atoms with Gasteiger partial charge in [-0.25, -0.2) is 15.6 Å². The van der Waals surface area contributed by atoms with E-state index < -0.39 is 0 Å². The number of amidine groups is 1. The molecule has 0 fully saturated rings. The summed E-state index contributed by atoms with van der Waals surface area (Å²) in [6.07, 6.45) is 0.239. The van der Waals surface area contributed by atoms with Gasteiger partial charge in [-0.3, -0.25) is 9.80 Å². The van der Waals surface area contributed by atoms with Gasteiger partial charge in [0.15, 0.2) is 5.84 Å². The topological polar surface area (TPSA) is 148 Å². The van der Waals surface area contributed by atoms with Crippen LogP contribution < -0.4 is 21.7 Å². The Labute approximate surface area is 206 Å². The van der Waals surface area contributed by atoms with Crippen LogP contribution in [-0.4, -0.2) is 65.6 Å². The summed E-state index contributed by atoms with van der Waals surface area (Å²) in [5.74, 6) is 12.2. The molecular formula is C24H35N7O4. The van der Waals surface area contributed by atoms with Gasteiger partial charge in [0.1, 0.15) is 17.3 Å². The van der Waals surface area contributed by atoms with Crippen molar-refractivity contribution in [2.75, 3.05) is 32.1 Å². The van der Waals surface area contributed by atoms with Crippen LogP contribution >= 0.6 is 0 Å². The van der Waals surface area contributed by atoms with Crippen molar-refractivity contribution in [2.24, 2.45) is 16.8 Å². The second-order valence-corrected chi connectivity index (χ2v) is 7.88. The van der Waals surface area contributed by atoms with E-state index in [4.69, 9.17) is 21.2 Å². The number of methoxy groups -OCH3 is 1. The van der Waals surface area contributed by atoms with Gasteiger partial charge in [0, 0.05) is 19.1 Å². The van der Waals surface area contributed by atoms with E-state index in [2.05, 4.69) is 15.4 Å². The van der Waals surface area contributed by atoms with Crippen molar-refractivity contribution < 1.29 is 19.1 Å². The fourth-order valence-corrected chi connectivity index (χ4v) is 3.26. The highest BCUT2D eigenvalue weighted by Crippen LogP contribution is 2.22. The third kappa shape index (κ3) is 7.31. The molecule has 0 aliphatic rings. The number of hydrogen-bond acceptors (Lipinski definition) is 8. The Bertz CT molecular complexity index is 1040. The minimum Gasteiger partial charge on any atom is -0.496 e. The highest BCUT2D eigenvalue weighted by molar-refractivity contribution is 6.06. The van der Waals surface area contributed by atoms with Gasteiger partial charge in [0.05, 0.1) is 19.3 Å². The molecule has 0 aliphatic heterocycles. The number of hydrazine groups is 1. The third-order valence-electron chi connectivity index (χ3n) is 5.23. The number of nitrogens with one attached hydrogen (secondary N) is 1. The summed E-state index contributed by atoms with van der Waals surface area (Å²) in [4.78, 5) is 31.0. The van der Waals surface area contributed by atoms with Crippen molar-refractivity contribution >= 4 is 23.7 Å². The first kappa shape index (κ1) is 27.4. The predicted molar refractivity (Wildman–Crippen MR) is 135 cm³/mol. The summed E-state index contributed by atoms with van der Waals surface area (Å²) in [6.45, 7) is 8.80. The molecule has 1 aromatic carbocycles. The molecule has 2 aromatic rings. The zero-order chi connectivity index (χ0) is 26.0. The van der Waals surface area contributed by atoms with E-state index in [1.165, 1.54) is 12.1 Å². The molecule has 5 N–H and O–H groups in total. The number of carbonyl (C=O) groups is 2. The first-order valence-electron chi connectivity index (χ1n) is 11.4. The summed E-state index contributed by atoms with van der Waals surface area (Å²) < 4.78 is 10.5. The van der Waals surface area contributed by atoms with Gasteiger partial charge in [0.2, 0.25) is 0 Å². The van der Waals surface area contributed by atoms with Crippen molar-refractivity contribution in [2.45, 2.75) is 40.2 Å². The zero-order valence-electron chi connectivity index (χ0n) is 20.9. The molecule has 11 nitrogen and oxygen atoms in total. The van der Waals surface area contributed by atoms with Crippen LogP contribution in [0.4, 0.5) is 10.6 Å². The number of ether oxygens (including phenoxy) is 2. The first-order chi connectivity index (χ1) is 16.7. The lowest BCUT2D eigenvalue weighted by atomic mass is 10.1. The molecular weight excluding hydrogens is 450 g/mol. The van der Waals surface area contributed by atoms with Crippen molar-refractivity contribution in [1.82, 2.24) is 14.9 Å². The number of nitrogens with zero attached hydrogens (tertiary/aromatic N) is 4. The fraction of sp³-hybridized carbons (Fsp3) is 0.417. The van der Waals surface area contributed by atoms with Crippen LogP contribution in [0.2, 0.25) is 0 Å². The molecule has 0 saturated carbocycles. The van der Waals surface area contributed by atoms with Crippen LogP contribution in [0.1, 0.15) is 49.3 Å². The smallest absolute Gasteiger partial charge is 0.409 e. The van der Waals surface area contributed by atoms with E-state index in [1.54, 1.807) is 42.2 Å². The number of nitrogens with two attached hydrogens (primary N) is 2. The highest BCUT2D eigenvalue weighted by atomic mass is 16.6. The monoisotopic (exact) mass is 485 g/mol. The number of hydrazone groups is 1. The van der Waals surface area contributed by atoms with E-state index in [0.29, 0.717) is 54.8 Å². The SMILES string of the molecule is CCOC(=O)N(CC)CCc1ccc(C(=O)Nc2cccc(/C(=N/N)N(N)C(C)C)n2)c(OC)c1. The summed E-state index contributed by atoms with van der Waals surface area (Å²) >= 11 is 0. The lowest BCUT2D eigenvalue weighted by Crippen LogP contribution is -2.44. The third-order valence-corrected chi connectivity index (χ3v) is 5.23. The molecule has 0 radical (unpaired) electrons. The van der Waals surface area contributed by atoms with Crippen molar-refractivity contribution in [1.29, 1.82) is 0 Å². The predicted octanol–water partition coefficient (Wildman–Crippen LogP) is 2.57. The van der Waals surface area contributed by atoms with E-state index in [9.17, 15) is 9.59 Å². The van der Waals surface area contributed by atoms with Crippen molar-refractivity contribution in [3.8, 4) is 5.75 Å². The number of carbonyl (C=O) groups excluding carboxylic acids is 2. The van der Waals surface area contributed by atoms with Crippen LogP contribution in [-0.2, 0) is 11.2 Å². The van der Waals surface area contributed by atoms with Gasteiger partial charge in [-0.1, -0.05) is 12.1 Å². The van der Waals surface area contributed by atoms with E-state index in [0.717, 1.165) is 5.56 Å². The van der Waals surface area contributed by atoms with Gasteiger partial charge in [-0.2, -0.15) is 5.10 Å². The summed E-state index contributed by atoms with van der Waals surface area (Å²) in [5, 5.41) is 7.92. The molecule has 190 valence electrons.